The number of rotatable bonds is 6. The molecule has 19 heavy (non-hydrogen) atoms. The lowest BCUT2D eigenvalue weighted by molar-refractivity contribution is 0.250. The fourth-order valence-electron chi connectivity index (χ4n) is 2.69. The molecule has 0 aromatic carbocycles. The molecule has 0 atom stereocenters. The Morgan fingerprint density at radius 2 is 1.95 bits per heavy atom. The highest BCUT2D eigenvalue weighted by Crippen LogP contribution is 2.29. The zero-order valence-electron chi connectivity index (χ0n) is 12.7. The smallest absolute Gasteiger partial charge is 0.191 e. The van der Waals surface area contributed by atoms with Crippen LogP contribution in [0.1, 0.15) is 52.9 Å². The molecule has 0 aliphatic heterocycles. The largest absolute Gasteiger partial charge is 0.357 e. The Morgan fingerprint density at radius 3 is 2.47 bits per heavy atom. The lowest BCUT2D eigenvalue weighted by Gasteiger charge is -2.32. The molecule has 1 aliphatic carbocycles. The summed E-state index contributed by atoms with van der Waals surface area (Å²) in [5.74, 6) is 2.53. The lowest BCUT2D eigenvalue weighted by Crippen LogP contribution is -2.45. The molecular weight excluding hydrogens is 241 g/mol. The molecule has 1 saturated carbocycles. The number of aliphatic imine (C=N–C) groups is 1. The second-order valence-corrected chi connectivity index (χ2v) is 5.80. The van der Waals surface area contributed by atoms with Gasteiger partial charge >= 0.3 is 0 Å². The molecule has 1 fully saturated rings. The summed E-state index contributed by atoms with van der Waals surface area (Å²) in [6, 6.07) is 0.526. The van der Waals surface area contributed by atoms with Crippen molar-refractivity contribution in [2.75, 3.05) is 19.8 Å². The van der Waals surface area contributed by atoms with Crippen LogP contribution in [0.25, 0.3) is 0 Å². The van der Waals surface area contributed by atoms with Gasteiger partial charge in [-0.2, -0.15) is 0 Å². The van der Waals surface area contributed by atoms with Crippen LogP contribution in [0.3, 0.4) is 0 Å². The van der Waals surface area contributed by atoms with Gasteiger partial charge in [-0.05, 0) is 50.9 Å². The summed E-state index contributed by atoms with van der Waals surface area (Å²) in [6.07, 6.45) is 5.56. The Kier molecular flexibility index (Phi) is 7.84. The van der Waals surface area contributed by atoms with Gasteiger partial charge in [-0.1, -0.05) is 13.8 Å². The van der Waals surface area contributed by atoms with E-state index in [-0.39, 0.29) is 6.67 Å². The molecule has 3 nitrogen and oxygen atoms in total. The van der Waals surface area contributed by atoms with Crippen molar-refractivity contribution in [3.63, 3.8) is 0 Å². The van der Waals surface area contributed by atoms with E-state index in [2.05, 4.69) is 36.4 Å². The van der Waals surface area contributed by atoms with Gasteiger partial charge in [0.2, 0.25) is 0 Å². The maximum atomic E-state index is 12.1. The first kappa shape index (κ1) is 16.3. The molecule has 0 heterocycles. The molecule has 1 rings (SSSR count). The van der Waals surface area contributed by atoms with Crippen molar-refractivity contribution >= 4 is 5.96 Å². The first-order chi connectivity index (χ1) is 9.17. The molecule has 1 aliphatic rings. The standard InChI is InChI=1S/C15H30FN3/c1-4-17-15(18-11-5-10-16)19-14-8-6-13(7-9-14)12(2)3/h12-14H,4-11H2,1-3H3,(H2,17,18,19). The summed E-state index contributed by atoms with van der Waals surface area (Å²) in [4.78, 5) is 4.41. The Hall–Kier alpha value is -0.800. The molecule has 0 bridgehead atoms. The first-order valence-electron chi connectivity index (χ1n) is 7.78. The number of nitrogens with one attached hydrogen (secondary N) is 2. The van der Waals surface area contributed by atoms with Gasteiger partial charge in [0.1, 0.15) is 0 Å². The maximum absolute atomic E-state index is 12.1. The van der Waals surface area contributed by atoms with Crippen LogP contribution in [0.5, 0.6) is 0 Å². The Bertz CT molecular complexity index is 258. The summed E-state index contributed by atoms with van der Waals surface area (Å²) in [5, 5.41) is 6.73. The van der Waals surface area contributed by atoms with E-state index >= 15 is 0 Å². The minimum Gasteiger partial charge on any atom is -0.357 e. The van der Waals surface area contributed by atoms with E-state index in [1.165, 1.54) is 25.7 Å². The Balaban J connectivity index is 2.36. The number of guanidine groups is 1. The van der Waals surface area contributed by atoms with Crippen molar-refractivity contribution < 1.29 is 4.39 Å². The highest BCUT2D eigenvalue weighted by molar-refractivity contribution is 5.80. The molecule has 0 spiro atoms. The van der Waals surface area contributed by atoms with Crippen molar-refractivity contribution in [3.05, 3.63) is 0 Å². The predicted molar refractivity (Wildman–Crippen MR) is 80.3 cm³/mol. The van der Waals surface area contributed by atoms with Crippen LogP contribution in [0.15, 0.2) is 4.99 Å². The maximum Gasteiger partial charge on any atom is 0.191 e. The second-order valence-electron chi connectivity index (χ2n) is 5.80. The molecule has 0 unspecified atom stereocenters. The van der Waals surface area contributed by atoms with E-state index in [0.29, 0.717) is 19.0 Å². The van der Waals surface area contributed by atoms with Gasteiger partial charge in [-0.3, -0.25) is 9.38 Å². The van der Waals surface area contributed by atoms with Gasteiger partial charge in [-0.25, -0.2) is 0 Å². The van der Waals surface area contributed by atoms with E-state index in [0.717, 1.165) is 24.3 Å². The molecule has 0 saturated heterocycles. The van der Waals surface area contributed by atoms with Gasteiger partial charge < -0.3 is 10.6 Å². The van der Waals surface area contributed by atoms with Crippen molar-refractivity contribution in [3.8, 4) is 0 Å². The zero-order chi connectivity index (χ0) is 14.1. The number of hydrogen-bond donors (Lipinski definition) is 2. The predicted octanol–water partition coefficient (Wildman–Crippen LogP) is 3.12. The highest BCUT2D eigenvalue weighted by atomic mass is 19.1. The van der Waals surface area contributed by atoms with Crippen molar-refractivity contribution in [2.45, 2.75) is 58.9 Å². The van der Waals surface area contributed by atoms with E-state index in [4.69, 9.17) is 0 Å². The van der Waals surface area contributed by atoms with Gasteiger partial charge in [0.25, 0.3) is 0 Å². The normalized spacial score (nSPS) is 24.6. The third-order valence-electron chi connectivity index (χ3n) is 3.96. The third kappa shape index (κ3) is 6.26. The minimum atomic E-state index is -0.289. The fourth-order valence-corrected chi connectivity index (χ4v) is 2.69. The number of alkyl halides is 1. The SMILES string of the molecule is CCNC(=NCCCF)NC1CCC(C(C)C)CC1. The second kappa shape index (κ2) is 9.16. The van der Waals surface area contributed by atoms with Gasteiger partial charge in [-0.15, -0.1) is 0 Å². The van der Waals surface area contributed by atoms with E-state index in [1.54, 1.807) is 0 Å². The van der Waals surface area contributed by atoms with Crippen LogP contribution in [-0.4, -0.2) is 31.8 Å². The third-order valence-corrected chi connectivity index (χ3v) is 3.96. The molecule has 2 N–H and O–H groups in total. The molecule has 4 heteroatoms. The summed E-state index contributed by atoms with van der Waals surface area (Å²) in [7, 11) is 0. The molecule has 112 valence electrons. The molecule has 0 radical (unpaired) electrons. The van der Waals surface area contributed by atoms with Crippen LogP contribution in [0, 0.1) is 11.8 Å². The fraction of sp³-hybridized carbons (Fsp3) is 0.933. The van der Waals surface area contributed by atoms with Crippen molar-refractivity contribution in [2.24, 2.45) is 16.8 Å². The monoisotopic (exact) mass is 271 g/mol. The van der Waals surface area contributed by atoms with Crippen LogP contribution in [0.4, 0.5) is 4.39 Å². The van der Waals surface area contributed by atoms with Crippen LogP contribution in [-0.2, 0) is 0 Å². The Morgan fingerprint density at radius 1 is 1.26 bits per heavy atom. The lowest BCUT2D eigenvalue weighted by atomic mass is 9.80. The van der Waals surface area contributed by atoms with E-state index in [1.807, 2.05) is 0 Å². The number of halogens is 1. The molecule has 0 aromatic heterocycles. The van der Waals surface area contributed by atoms with Crippen LogP contribution >= 0.6 is 0 Å². The summed E-state index contributed by atoms with van der Waals surface area (Å²) >= 11 is 0. The highest BCUT2D eigenvalue weighted by Gasteiger charge is 2.23. The number of nitrogens with zero attached hydrogens (tertiary/aromatic N) is 1. The van der Waals surface area contributed by atoms with E-state index in [9.17, 15) is 4.39 Å². The Labute approximate surface area is 117 Å². The quantitative estimate of drug-likeness (QED) is 0.442. The summed E-state index contributed by atoms with van der Waals surface area (Å²) in [5.41, 5.74) is 0. The average molecular weight is 271 g/mol. The minimum absolute atomic E-state index is 0.289. The van der Waals surface area contributed by atoms with Gasteiger partial charge in [0, 0.05) is 19.1 Å². The van der Waals surface area contributed by atoms with Gasteiger partial charge in [0.05, 0.1) is 6.67 Å². The molecule has 0 aromatic rings. The van der Waals surface area contributed by atoms with Crippen LogP contribution in [0.2, 0.25) is 0 Å². The first-order valence-corrected chi connectivity index (χ1v) is 7.78. The topological polar surface area (TPSA) is 36.4 Å². The zero-order valence-corrected chi connectivity index (χ0v) is 12.7. The van der Waals surface area contributed by atoms with Crippen molar-refractivity contribution in [1.82, 2.24) is 10.6 Å². The number of hydrogen-bond acceptors (Lipinski definition) is 1. The van der Waals surface area contributed by atoms with Crippen molar-refractivity contribution in [1.29, 1.82) is 0 Å². The summed E-state index contributed by atoms with van der Waals surface area (Å²) < 4.78 is 12.1. The van der Waals surface area contributed by atoms with Crippen LogP contribution < -0.4 is 10.6 Å². The average Bonchev–Trinajstić information content (AvgIpc) is 2.40. The molecule has 0 amide bonds. The summed E-state index contributed by atoms with van der Waals surface area (Å²) in [6.45, 7) is 7.82. The molecular formula is C15H30FN3. The van der Waals surface area contributed by atoms with E-state index < -0.39 is 0 Å². The van der Waals surface area contributed by atoms with Gasteiger partial charge in [0.15, 0.2) is 5.96 Å².